The summed E-state index contributed by atoms with van der Waals surface area (Å²) in [6, 6.07) is 1.89. The molecule has 4 heteroatoms. The van der Waals surface area contributed by atoms with Gasteiger partial charge in [0.25, 0.3) is 0 Å². The Balaban J connectivity index is 2.48. The highest BCUT2D eigenvalue weighted by Crippen LogP contribution is 2.27. The van der Waals surface area contributed by atoms with Crippen LogP contribution in [0.4, 0.5) is 0 Å². The van der Waals surface area contributed by atoms with Crippen LogP contribution in [0.1, 0.15) is 36.1 Å². The second-order valence-electron chi connectivity index (χ2n) is 3.72. The third kappa shape index (κ3) is 1.70. The molecule has 0 spiro atoms. The van der Waals surface area contributed by atoms with Gasteiger partial charge in [0.15, 0.2) is 5.84 Å². The van der Waals surface area contributed by atoms with E-state index in [2.05, 4.69) is 23.1 Å². The predicted octanol–water partition coefficient (Wildman–Crippen LogP) is 1.70. The summed E-state index contributed by atoms with van der Waals surface area (Å²) in [6.45, 7) is 2.14. The number of pyridine rings is 1. The molecule has 1 aliphatic carbocycles. The Bertz CT molecular complexity index is 437. The third-order valence-electron chi connectivity index (χ3n) is 2.61. The van der Waals surface area contributed by atoms with Crippen molar-refractivity contribution >= 4 is 11.9 Å². The number of nitrogens with two attached hydrogens (primary N) is 1. The van der Waals surface area contributed by atoms with Gasteiger partial charge < -0.3 is 10.9 Å². The normalized spacial score (nSPS) is 20.1. The monoisotopic (exact) mass is 203 g/mol. The van der Waals surface area contributed by atoms with Crippen molar-refractivity contribution in [3.63, 3.8) is 0 Å². The lowest BCUT2D eigenvalue weighted by Gasteiger charge is -2.16. The van der Waals surface area contributed by atoms with Crippen molar-refractivity contribution in [2.45, 2.75) is 19.3 Å². The van der Waals surface area contributed by atoms with Gasteiger partial charge in [0, 0.05) is 17.7 Å². The summed E-state index contributed by atoms with van der Waals surface area (Å²) in [6.07, 6.45) is 6.80. The molecule has 0 bridgehead atoms. The molecule has 0 saturated carbocycles. The Labute approximate surface area is 88.1 Å². The lowest BCUT2D eigenvalue weighted by atomic mass is 9.92. The number of fused-ring (bicyclic) bond motifs is 1. The molecular weight excluding hydrogens is 190 g/mol. The highest BCUT2D eigenvalue weighted by Gasteiger charge is 2.14. The highest BCUT2D eigenvalue weighted by atomic mass is 16.4. The fourth-order valence-corrected chi connectivity index (χ4v) is 1.75. The highest BCUT2D eigenvalue weighted by molar-refractivity contribution is 5.97. The van der Waals surface area contributed by atoms with Crippen LogP contribution in [0.25, 0.3) is 6.08 Å². The molecule has 0 fully saturated rings. The zero-order valence-corrected chi connectivity index (χ0v) is 8.51. The van der Waals surface area contributed by atoms with Gasteiger partial charge >= 0.3 is 0 Å². The van der Waals surface area contributed by atoms with Crippen LogP contribution >= 0.6 is 0 Å². The van der Waals surface area contributed by atoms with Crippen LogP contribution in [0, 0.1) is 0 Å². The topological polar surface area (TPSA) is 71.5 Å². The Morgan fingerprint density at radius 3 is 3.20 bits per heavy atom. The fraction of sp³-hybridized carbons (Fsp3) is 0.273. The van der Waals surface area contributed by atoms with Crippen molar-refractivity contribution in [2.24, 2.45) is 10.9 Å². The molecule has 2 rings (SSSR count). The van der Waals surface area contributed by atoms with E-state index < -0.39 is 0 Å². The van der Waals surface area contributed by atoms with Crippen molar-refractivity contribution in [1.82, 2.24) is 4.98 Å². The van der Waals surface area contributed by atoms with Gasteiger partial charge in [-0.3, -0.25) is 4.98 Å². The summed E-state index contributed by atoms with van der Waals surface area (Å²) in [5.74, 6) is 0.531. The van der Waals surface area contributed by atoms with E-state index in [0.717, 1.165) is 17.7 Å². The van der Waals surface area contributed by atoms with Crippen LogP contribution in [0.3, 0.4) is 0 Å². The number of aromatic nitrogens is 1. The first-order valence-corrected chi connectivity index (χ1v) is 4.86. The summed E-state index contributed by atoms with van der Waals surface area (Å²) in [7, 11) is 0. The minimum atomic E-state index is 0.0944. The number of amidine groups is 1. The number of hydrogen-bond donors (Lipinski definition) is 2. The molecule has 1 aromatic rings. The average Bonchev–Trinajstić information content (AvgIpc) is 2.28. The van der Waals surface area contributed by atoms with E-state index in [0.29, 0.717) is 11.5 Å². The van der Waals surface area contributed by atoms with Gasteiger partial charge in [-0.15, -0.1) is 0 Å². The SMILES string of the molecule is CC1CC=Cc2cc(/C(N)=N\O)cnc21. The van der Waals surface area contributed by atoms with Crippen LogP contribution < -0.4 is 5.73 Å². The lowest BCUT2D eigenvalue weighted by molar-refractivity contribution is 0.318. The molecule has 3 N–H and O–H groups in total. The second kappa shape index (κ2) is 3.73. The molecule has 1 aromatic heterocycles. The minimum absolute atomic E-state index is 0.0944. The second-order valence-corrected chi connectivity index (χ2v) is 3.72. The van der Waals surface area contributed by atoms with Gasteiger partial charge in [-0.25, -0.2) is 0 Å². The first-order chi connectivity index (χ1) is 7.22. The predicted molar refractivity (Wildman–Crippen MR) is 58.8 cm³/mol. The molecule has 1 aliphatic rings. The summed E-state index contributed by atoms with van der Waals surface area (Å²) in [4.78, 5) is 4.35. The first kappa shape index (κ1) is 9.71. The average molecular weight is 203 g/mol. The van der Waals surface area contributed by atoms with E-state index in [9.17, 15) is 0 Å². The molecule has 15 heavy (non-hydrogen) atoms. The molecule has 78 valence electrons. The van der Waals surface area contributed by atoms with E-state index in [1.54, 1.807) is 6.20 Å². The van der Waals surface area contributed by atoms with E-state index in [1.807, 2.05) is 12.1 Å². The Morgan fingerprint density at radius 1 is 1.67 bits per heavy atom. The number of oxime groups is 1. The van der Waals surface area contributed by atoms with Crippen molar-refractivity contribution in [1.29, 1.82) is 0 Å². The standard InChI is InChI=1S/C11H13N3O/c1-7-3-2-4-8-5-9(11(12)14-15)6-13-10(7)8/h2,4-7,15H,3H2,1H3,(H2,12,14). The van der Waals surface area contributed by atoms with Crippen molar-refractivity contribution in [3.05, 3.63) is 35.2 Å². The zero-order valence-electron chi connectivity index (χ0n) is 8.51. The van der Waals surface area contributed by atoms with Gasteiger partial charge in [-0.05, 0) is 18.1 Å². The van der Waals surface area contributed by atoms with Gasteiger partial charge in [-0.2, -0.15) is 0 Å². The van der Waals surface area contributed by atoms with Gasteiger partial charge in [0.05, 0.1) is 5.69 Å². The van der Waals surface area contributed by atoms with Gasteiger partial charge in [-0.1, -0.05) is 24.2 Å². The summed E-state index contributed by atoms with van der Waals surface area (Å²) >= 11 is 0. The van der Waals surface area contributed by atoms with Crippen LogP contribution in [-0.2, 0) is 0 Å². The smallest absolute Gasteiger partial charge is 0.171 e. The van der Waals surface area contributed by atoms with Crippen LogP contribution in [0.5, 0.6) is 0 Å². The number of nitrogens with zero attached hydrogens (tertiary/aromatic N) is 2. The van der Waals surface area contributed by atoms with E-state index in [4.69, 9.17) is 10.9 Å². The summed E-state index contributed by atoms with van der Waals surface area (Å²) in [5.41, 5.74) is 8.28. The maximum absolute atomic E-state index is 8.56. The Hall–Kier alpha value is -1.84. The molecular formula is C11H13N3O. The number of rotatable bonds is 1. The maximum atomic E-state index is 8.56. The van der Waals surface area contributed by atoms with Crippen LogP contribution in [-0.4, -0.2) is 16.0 Å². The lowest BCUT2D eigenvalue weighted by Crippen LogP contribution is -2.15. The van der Waals surface area contributed by atoms with Crippen LogP contribution in [0.2, 0.25) is 0 Å². The molecule has 1 heterocycles. The molecule has 1 atom stereocenters. The molecule has 0 saturated heterocycles. The number of hydrogen-bond acceptors (Lipinski definition) is 3. The summed E-state index contributed by atoms with van der Waals surface area (Å²) in [5, 5.41) is 11.5. The molecule has 0 amide bonds. The van der Waals surface area contributed by atoms with E-state index in [1.165, 1.54) is 0 Å². The summed E-state index contributed by atoms with van der Waals surface area (Å²) < 4.78 is 0. The van der Waals surface area contributed by atoms with E-state index in [-0.39, 0.29) is 5.84 Å². The molecule has 4 nitrogen and oxygen atoms in total. The molecule has 0 aromatic carbocycles. The van der Waals surface area contributed by atoms with Crippen molar-refractivity contribution in [3.8, 4) is 0 Å². The van der Waals surface area contributed by atoms with Crippen LogP contribution in [0.15, 0.2) is 23.5 Å². The third-order valence-corrected chi connectivity index (χ3v) is 2.61. The quantitative estimate of drug-likeness (QED) is 0.316. The zero-order chi connectivity index (χ0) is 10.8. The van der Waals surface area contributed by atoms with E-state index >= 15 is 0 Å². The van der Waals surface area contributed by atoms with Gasteiger partial charge in [0.1, 0.15) is 0 Å². The first-order valence-electron chi connectivity index (χ1n) is 4.86. The van der Waals surface area contributed by atoms with Gasteiger partial charge in [0.2, 0.25) is 0 Å². The largest absolute Gasteiger partial charge is 0.409 e. The Kier molecular flexibility index (Phi) is 2.41. The van der Waals surface area contributed by atoms with Crippen molar-refractivity contribution < 1.29 is 5.21 Å². The molecule has 1 unspecified atom stereocenters. The van der Waals surface area contributed by atoms with Crippen molar-refractivity contribution in [2.75, 3.05) is 0 Å². The number of allylic oxidation sites excluding steroid dienone is 1. The Morgan fingerprint density at radius 2 is 2.47 bits per heavy atom. The molecule has 0 radical (unpaired) electrons. The minimum Gasteiger partial charge on any atom is -0.409 e. The molecule has 0 aliphatic heterocycles. The maximum Gasteiger partial charge on any atom is 0.171 e. The fourth-order valence-electron chi connectivity index (χ4n) is 1.75.